The molecule has 0 saturated carbocycles. The molecule has 2 N–H and O–H groups in total. The van der Waals surface area contributed by atoms with E-state index in [0.717, 1.165) is 5.39 Å². The van der Waals surface area contributed by atoms with Crippen molar-refractivity contribution < 1.29 is 14.5 Å². The molecule has 0 unspecified atom stereocenters. The average Bonchev–Trinajstić information content (AvgIpc) is 2.65. The fourth-order valence-electron chi connectivity index (χ4n) is 2.04. The number of hydrogen-bond acceptors (Lipinski definition) is 3. The van der Waals surface area contributed by atoms with Gasteiger partial charge in [0.1, 0.15) is 11.2 Å². The molecule has 0 saturated heterocycles. The predicted molar refractivity (Wildman–Crippen MR) is 68.6 cm³/mol. The van der Waals surface area contributed by atoms with E-state index in [-0.39, 0.29) is 0 Å². The summed E-state index contributed by atoms with van der Waals surface area (Å²) in [5, 5.41) is 20.8. The molecular formula is C12H8BClO3. The molecular weight excluding hydrogens is 238 g/mol. The molecule has 0 aliphatic rings. The number of hydrogen-bond donors (Lipinski definition) is 2. The van der Waals surface area contributed by atoms with Gasteiger partial charge in [-0.3, -0.25) is 0 Å². The topological polar surface area (TPSA) is 53.6 Å². The lowest BCUT2D eigenvalue weighted by molar-refractivity contribution is 0.426. The van der Waals surface area contributed by atoms with Gasteiger partial charge >= 0.3 is 7.12 Å². The zero-order valence-corrected chi connectivity index (χ0v) is 9.48. The summed E-state index contributed by atoms with van der Waals surface area (Å²) in [6, 6.07) is 10.5. The highest BCUT2D eigenvalue weighted by Crippen LogP contribution is 2.29. The molecule has 3 aromatic rings. The number of benzene rings is 2. The van der Waals surface area contributed by atoms with Crippen LogP contribution in [0.5, 0.6) is 0 Å². The molecule has 0 fully saturated rings. The molecule has 0 atom stereocenters. The van der Waals surface area contributed by atoms with Gasteiger partial charge in [-0.15, -0.1) is 0 Å². The van der Waals surface area contributed by atoms with E-state index in [2.05, 4.69) is 0 Å². The molecule has 1 heterocycles. The van der Waals surface area contributed by atoms with Crippen molar-refractivity contribution in [3.8, 4) is 0 Å². The van der Waals surface area contributed by atoms with Crippen LogP contribution in [0.2, 0.25) is 5.02 Å². The van der Waals surface area contributed by atoms with Crippen molar-refractivity contribution in [2.45, 2.75) is 0 Å². The summed E-state index contributed by atoms with van der Waals surface area (Å²) in [6.07, 6.45) is 0. The first kappa shape index (κ1) is 10.7. The monoisotopic (exact) mass is 246 g/mol. The summed E-state index contributed by atoms with van der Waals surface area (Å²) in [7, 11) is -1.52. The van der Waals surface area contributed by atoms with E-state index in [1.807, 2.05) is 6.07 Å². The average molecular weight is 246 g/mol. The van der Waals surface area contributed by atoms with Crippen LogP contribution < -0.4 is 5.46 Å². The molecule has 17 heavy (non-hydrogen) atoms. The van der Waals surface area contributed by atoms with Gasteiger partial charge in [-0.05, 0) is 23.7 Å². The Hall–Kier alpha value is -1.49. The van der Waals surface area contributed by atoms with Gasteiger partial charge in [0.05, 0.1) is 0 Å². The zero-order valence-electron chi connectivity index (χ0n) is 8.72. The molecule has 0 spiro atoms. The molecule has 1 aromatic heterocycles. The smallest absolute Gasteiger partial charge is 0.456 e. The van der Waals surface area contributed by atoms with Crippen molar-refractivity contribution in [2.75, 3.05) is 0 Å². The van der Waals surface area contributed by atoms with E-state index < -0.39 is 7.12 Å². The lowest BCUT2D eigenvalue weighted by Crippen LogP contribution is -2.30. The second kappa shape index (κ2) is 3.77. The van der Waals surface area contributed by atoms with E-state index >= 15 is 0 Å². The Labute approximate surface area is 102 Å². The van der Waals surface area contributed by atoms with E-state index in [1.54, 1.807) is 30.3 Å². The van der Waals surface area contributed by atoms with Crippen LogP contribution in [-0.2, 0) is 0 Å². The van der Waals surface area contributed by atoms with Gasteiger partial charge in [-0.25, -0.2) is 0 Å². The molecule has 0 amide bonds. The van der Waals surface area contributed by atoms with Gasteiger partial charge in [0.2, 0.25) is 0 Å². The van der Waals surface area contributed by atoms with Crippen LogP contribution in [0.25, 0.3) is 21.9 Å². The Morgan fingerprint density at radius 2 is 1.88 bits per heavy atom. The maximum atomic E-state index is 9.34. The van der Waals surface area contributed by atoms with E-state index in [9.17, 15) is 10.0 Å². The molecule has 84 valence electrons. The Morgan fingerprint density at radius 1 is 1.06 bits per heavy atom. The summed E-state index contributed by atoms with van der Waals surface area (Å²) >= 11 is 5.89. The fourth-order valence-corrected chi connectivity index (χ4v) is 2.20. The van der Waals surface area contributed by atoms with Crippen molar-refractivity contribution in [1.29, 1.82) is 0 Å². The third-order valence-corrected chi connectivity index (χ3v) is 3.00. The number of furan rings is 1. The minimum absolute atomic E-state index is 0.434. The van der Waals surface area contributed by atoms with Gasteiger partial charge in [-0.1, -0.05) is 23.7 Å². The Kier molecular flexibility index (Phi) is 2.36. The Bertz CT molecular complexity index is 705. The highest BCUT2D eigenvalue weighted by Gasteiger charge is 2.18. The number of rotatable bonds is 1. The van der Waals surface area contributed by atoms with Crippen LogP contribution in [0.4, 0.5) is 0 Å². The third kappa shape index (κ3) is 1.62. The fraction of sp³-hybridized carbons (Fsp3) is 0. The molecule has 0 bridgehead atoms. The van der Waals surface area contributed by atoms with Crippen LogP contribution in [-0.4, -0.2) is 17.2 Å². The summed E-state index contributed by atoms with van der Waals surface area (Å²) in [6.45, 7) is 0. The van der Waals surface area contributed by atoms with Gasteiger partial charge in [0.15, 0.2) is 0 Å². The van der Waals surface area contributed by atoms with Gasteiger partial charge in [-0.2, -0.15) is 0 Å². The maximum absolute atomic E-state index is 9.34. The van der Waals surface area contributed by atoms with Crippen molar-refractivity contribution in [1.82, 2.24) is 0 Å². The zero-order chi connectivity index (χ0) is 12.0. The predicted octanol–water partition coefficient (Wildman–Crippen LogP) is 1.92. The van der Waals surface area contributed by atoms with Crippen LogP contribution >= 0.6 is 11.6 Å². The lowest BCUT2D eigenvalue weighted by Gasteiger charge is -2.00. The van der Waals surface area contributed by atoms with E-state index in [0.29, 0.717) is 27.0 Å². The summed E-state index contributed by atoms with van der Waals surface area (Å²) < 4.78 is 5.62. The second-order valence-electron chi connectivity index (χ2n) is 3.84. The van der Waals surface area contributed by atoms with Gasteiger partial charge < -0.3 is 14.5 Å². The Balaban J connectivity index is 2.49. The van der Waals surface area contributed by atoms with Crippen LogP contribution in [0.15, 0.2) is 40.8 Å². The van der Waals surface area contributed by atoms with Gasteiger partial charge in [0.25, 0.3) is 0 Å². The molecule has 0 aliphatic carbocycles. The van der Waals surface area contributed by atoms with E-state index in [1.165, 1.54) is 0 Å². The standard InChI is InChI=1S/C12H8BClO3/c14-7-4-5-8-11(6-7)17-10-3-1-2-9(12(8)10)13(15)16/h1-6,15-16H. The normalized spacial score (nSPS) is 11.2. The summed E-state index contributed by atoms with van der Waals surface area (Å²) in [5.74, 6) is 0. The van der Waals surface area contributed by atoms with E-state index in [4.69, 9.17) is 16.0 Å². The number of fused-ring (bicyclic) bond motifs is 3. The van der Waals surface area contributed by atoms with Crippen LogP contribution in [0, 0.1) is 0 Å². The quantitative estimate of drug-likeness (QED) is 0.645. The highest BCUT2D eigenvalue weighted by molar-refractivity contribution is 6.62. The van der Waals surface area contributed by atoms with Crippen molar-refractivity contribution in [3.05, 3.63) is 41.4 Å². The molecule has 2 aromatic carbocycles. The van der Waals surface area contributed by atoms with Gasteiger partial charge in [0, 0.05) is 21.9 Å². The summed E-state index contributed by atoms with van der Waals surface area (Å²) in [5.41, 5.74) is 1.69. The Morgan fingerprint density at radius 3 is 2.65 bits per heavy atom. The maximum Gasteiger partial charge on any atom is 0.489 e. The minimum atomic E-state index is -1.52. The van der Waals surface area contributed by atoms with Crippen LogP contribution in [0.3, 0.4) is 0 Å². The van der Waals surface area contributed by atoms with Crippen molar-refractivity contribution in [3.63, 3.8) is 0 Å². The van der Waals surface area contributed by atoms with Crippen molar-refractivity contribution in [2.24, 2.45) is 0 Å². The molecule has 3 nitrogen and oxygen atoms in total. The molecule has 0 aliphatic heterocycles. The van der Waals surface area contributed by atoms with Crippen LogP contribution in [0.1, 0.15) is 0 Å². The largest absolute Gasteiger partial charge is 0.489 e. The lowest BCUT2D eigenvalue weighted by atomic mass is 9.77. The number of halogens is 1. The highest BCUT2D eigenvalue weighted by atomic mass is 35.5. The van der Waals surface area contributed by atoms with Crippen molar-refractivity contribution >= 4 is 46.1 Å². The summed E-state index contributed by atoms with van der Waals surface area (Å²) in [4.78, 5) is 0. The first-order valence-corrected chi connectivity index (χ1v) is 5.51. The minimum Gasteiger partial charge on any atom is -0.456 e. The molecule has 3 rings (SSSR count). The molecule has 0 radical (unpaired) electrons. The first-order chi connectivity index (χ1) is 8.16. The first-order valence-electron chi connectivity index (χ1n) is 5.13. The SMILES string of the molecule is OB(O)c1cccc2oc3cc(Cl)ccc3c12. The second-order valence-corrected chi connectivity index (χ2v) is 4.27. The molecule has 5 heteroatoms. The third-order valence-electron chi connectivity index (χ3n) is 2.77.